The highest BCUT2D eigenvalue weighted by Crippen LogP contribution is 2.20. The van der Waals surface area contributed by atoms with Crippen LogP contribution in [0.2, 0.25) is 0 Å². The molecular weight excluding hydrogens is 262 g/mol. The molecule has 2 aliphatic rings. The van der Waals surface area contributed by atoms with Crippen molar-refractivity contribution in [1.82, 2.24) is 14.4 Å². The average molecular weight is 277 g/mol. The van der Waals surface area contributed by atoms with Gasteiger partial charge in [0.15, 0.2) is 6.61 Å². The number of hydrogen-bond donors (Lipinski definition) is 0. The van der Waals surface area contributed by atoms with Gasteiger partial charge in [0, 0.05) is 25.5 Å². The number of imide groups is 1. The van der Waals surface area contributed by atoms with E-state index < -0.39 is 6.09 Å². The maximum atomic E-state index is 12.1. The third-order valence-electron chi connectivity index (χ3n) is 3.65. The summed E-state index contributed by atoms with van der Waals surface area (Å²) in [6.07, 6.45) is 3.66. The lowest BCUT2D eigenvalue weighted by atomic mass is 10.2. The molecule has 0 aromatic carbocycles. The van der Waals surface area contributed by atoms with Crippen molar-refractivity contribution < 1.29 is 19.1 Å². The largest absolute Gasteiger partial charge is 0.439 e. The van der Waals surface area contributed by atoms with Crippen LogP contribution in [0.3, 0.4) is 0 Å². The molecule has 106 valence electrons. The van der Waals surface area contributed by atoms with Crippen molar-refractivity contribution in [2.45, 2.75) is 19.0 Å². The third kappa shape index (κ3) is 2.26. The van der Waals surface area contributed by atoms with Gasteiger partial charge in [-0.05, 0) is 18.6 Å². The monoisotopic (exact) mass is 277 g/mol. The lowest BCUT2D eigenvalue weighted by Crippen LogP contribution is -2.42. The minimum Gasteiger partial charge on any atom is -0.439 e. The molecule has 0 bridgehead atoms. The van der Waals surface area contributed by atoms with E-state index in [0.717, 1.165) is 4.90 Å². The normalized spacial score (nSPS) is 22.5. The molecule has 3 amide bonds. The van der Waals surface area contributed by atoms with Gasteiger partial charge in [-0.25, -0.2) is 9.69 Å². The van der Waals surface area contributed by atoms with Crippen LogP contribution in [0.15, 0.2) is 24.5 Å². The SMILES string of the molecule is O=C(Cn1cccc1)N1CCC(N2C(=O)COC2=O)C1. The van der Waals surface area contributed by atoms with E-state index in [0.29, 0.717) is 19.5 Å². The second-order valence-electron chi connectivity index (χ2n) is 4.96. The van der Waals surface area contributed by atoms with E-state index in [4.69, 9.17) is 4.74 Å². The predicted octanol–water partition coefficient (Wildman–Crippen LogP) is 0.0678. The fourth-order valence-corrected chi connectivity index (χ4v) is 2.63. The fourth-order valence-electron chi connectivity index (χ4n) is 2.63. The summed E-state index contributed by atoms with van der Waals surface area (Å²) in [5.41, 5.74) is 0. The van der Waals surface area contributed by atoms with Gasteiger partial charge in [-0.15, -0.1) is 0 Å². The van der Waals surface area contributed by atoms with E-state index >= 15 is 0 Å². The second-order valence-corrected chi connectivity index (χ2v) is 4.96. The number of carbonyl (C=O) groups excluding carboxylic acids is 3. The van der Waals surface area contributed by atoms with Gasteiger partial charge in [0.2, 0.25) is 5.91 Å². The summed E-state index contributed by atoms with van der Waals surface area (Å²) < 4.78 is 6.50. The second kappa shape index (κ2) is 4.99. The van der Waals surface area contributed by atoms with Crippen LogP contribution in [-0.4, -0.2) is 58.0 Å². The summed E-state index contributed by atoms with van der Waals surface area (Å²) in [7, 11) is 0. The zero-order valence-electron chi connectivity index (χ0n) is 10.9. The Morgan fingerprint density at radius 1 is 1.30 bits per heavy atom. The highest BCUT2D eigenvalue weighted by molar-refractivity contribution is 5.98. The van der Waals surface area contributed by atoms with Crippen LogP contribution in [0.1, 0.15) is 6.42 Å². The van der Waals surface area contributed by atoms with Crippen LogP contribution in [-0.2, 0) is 20.9 Å². The Hall–Kier alpha value is -2.31. The van der Waals surface area contributed by atoms with Crippen molar-refractivity contribution in [3.05, 3.63) is 24.5 Å². The van der Waals surface area contributed by atoms with Gasteiger partial charge in [0.05, 0.1) is 6.04 Å². The van der Waals surface area contributed by atoms with Gasteiger partial charge >= 0.3 is 6.09 Å². The number of nitrogens with zero attached hydrogens (tertiary/aromatic N) is 3. The molecule has 2 aliphatic heterocycles. The number of likely N-dealkylation sites (tertiary alicyclic amines) is 1. The lowest BCUT2D eigenvalue weighted by molar-refractivity contribution is -0.132. The van der Waals surface area contributed by atoms with E-state index in [9.17, 15) is 14.4 Å². The van der Waals surface area contributed by atoms with Crippen molar-refractivity contribution in [2.24, 2.45) is 0 Å². The molecular formula is C13H15N3O4. The molecule has 0 N–H and O–H groups in total. The van der Waals surface area contributed by atoms with Crippen molar-refractivity contribution in [3.63, 3.8) is 0 Å². The highest BCUT2D eigenvalue weighted by atomic mass is 16.6. The number of amides is 3. The molecule has 0 saturated carbocycles. The molecule has 3 heterocycles. The topological polar surface area (TPSA) is 71.8 Å². The van der Waals surface area contributed by atoms with Crippen molar-refractivity contribution >= 4 is 17.9 Å². The van der Waals surface area contributed by atoms with Crippen LogP contribution in [0.4, 0.5) is 4.79 Å². The molecule has 3 rings (SSSR count). The molecule has 1 atom stereocenters. The average Bonchev–Trinajstić information content (AvgIpc) is 3.11. The molecule has 1 aromatic rings. The first-order chi connectivity index (χ1) is 9.65. The Morgan fingerprint density at radius 3 is 2.70 bits per heavy atom. The number of hydrogen-bond acceptors (Lipinski definition) is 4. The van der Waals surface area contributed by atoms with Crippen LogP contribution in [0.25, 0.3) is 0 Å². The summed E-state index contributed by atoms with van der Waals surface area (Å²) >= 11 is 0. The zero-order valence-corrected chi connectivity index (χ0v) is 10.9. The fraction of sp³-hybridized carbons (Fsp3) is 0.462. The first-order valence-corrected chi connectivity index (χ1v) is 6.52. The molecule has 7 heteroatoms. The smallest absolute Gasteiger partial charge is 0.417 e. The summed E-state index contributed by atoms with van der Waals surface area (Å²) in [6, 6.07) is 3.46. The molecule has 1 unspecified atom stereocenters. The summed E-state index contributed by atoms with van der Waals surface area (Å²) in [6.45, 7) is 1.04. The van der Waals surface area contributed by atoms with Crippen LogP contribution >= 0.6 is 0 Å². The van der Waals surface area contributed by atoms with Gasteiger partial charge in [-0.3, -0.25) is 9.59 Å². The van der Waals surface area contributed by atoms with Crippen LogP contribution in [0.5, 0.6) is 0 Å². The van der Waals surface area contributed by atoms with Gasteiger partial charge in [0.25, 0.3) is 5.91 Å². The molecule has 1 aromatic heterocycles. The van der Waals surface area contributed by atoms with Crippen molar-refractivity contribution in [2.75, 3.05) is 19.7 Å². The number of rotatable bonds is 3. The van der Waals surface area contributed by atoms with Gasteiger partial charge < -0.3 is 14.2 Å². The Balaban J connectivity index is 1.60. The summed E-state index contributed by atoms with van der Waals surface area (Å²) in [5.74, 6) is -0.330. The van der Waals surface area contributed by atoms with E-state index in [1.807, 2.05) is 24.5 Å². The number of aromatic nitrogens is 1. The molecule has 7 nitrogen and oxygen atoms in total. The molecule has 0 radical (unpaired) electrons. The van der Waals surface area contributed by atoms with E-state index in [2.05, 4.69) is 0 Å². The Labute approximate surface area is 115 Å². The molecule has 0 aliphatic carbocycles. The number of ether oxygens (including phenoxy) is 1. The lowest BCUT2D eigenvalue weighted by Gasteiger charge is -2.20. The first kappa shape index (κ1) is 12.7. The zero-order chi connectivity index (χ0) is 14.1. The van der Waals surface area contributed by atoms with Crippen molar-refractivity contribution in [3.8, 4) is 0 Å². The predicted molar refractivity (Wildman–Crippen MR) is 67.6 cm³/mol. The van der Waals surface area contributed by atoms with Gasteiger partial charge in [-0.1, -0.05) is 0 Å². The minimum absolute atomic E-state index is 0.0105. The number of carbonyl (C=O) groups is 3. The van der Waals surface area contributed by atoms with E-state index in [1.54, 1.807) is 9.47 Å². The van der Waals surface area contributed by atoms with E-state index in [1.165, 1.54) is 0 Å². The van der Waals surface area contributed by atoms with Crippen LogP contribution < -0.4 is 0 Å². The molecule has 0 spiro atoms. The Kier molecular flexibility index (Phi) is 3.17. The van der Waals surface area contributed by atoms with Gasteiger partial charge in [0.1, 0.15) is 6.54 Å². The molecule has 20 heavy (non-hydrogen) atoms. The molecule has 2 saturated heterocycles. The maximum Gasteiger partial charge on any atom is 0.417 e. The maximum absolute atomic E-state index is 12.1. The summed E-state index contributed by atoms with van der Waals surface area (Å²) in [5, 5.41) is 0. The van der Waals surface area contributed by atoms with Crippen molar-refractivity contribution in [1.29, 1.82) is 0 Å². The van der Waals surface area contributed by atoms with Gasteiger partial charge in [-0.2, -0.15) is 0 Å². The third-order valence-corrected chi connectivity index (χ3v) is 3.65. The first-order valence-electron chi connectivity index (χ1n) is 6.52. The quantitative estimate of drug-likeness (QED) is 0.783. The highest BCUT2D eigenvalue weighted by Gasteiger charge is 2.41. The number of cyclic esters (lactones) is 1. The molecule has 2 fully saturated rings. The Morgan fingerprint density at radius 2 is 2.05 bits per heavy atom. The minimum atomic E-state index is -0.597. The Bertz CT molecular complexity index is 524. The standard InChI is InChI=1S/C13H15N3O4/c17-11(8-14-4-1-2-5-14)15-6-3-10(7-15)16-12(18)9-20-13(16)19/h1-2,4-5,10H,3,6-9H2. The summed E-state index contributed by atoms with van der Waals surface area (Å²) in [4.78, 5) is 38.0. The van der Waals surface area contributed by atoms with Crippen LogP contribution in [0, 0.1) is 0 Å². The van der Waals surface area contributed by atoms with E-state index in [-0.39, 0.29) is 31.0 Å².